The van der Waals surface area contributed by atoms with Crippen LogP contribution in [0.15, 0.2) is 53.0 Å². The van der Waals surface area contributed by atoms with Crippen molar-refractivity contribution in [2.24, 2.45) is 0 Å². The molecule has 1 heterocycles. The summed E-state index contributed by atoms with van der Waals surface area (Å²) in [6.45, 7) is 0. The Kier molecular flexibility index (Phi) is 3.74. The molecule has 4 heteroatoms. The van der Waals surface area contributed by atoms with Gasteiger partial charge in [-0.15, -0.1) is 0 Å². The van der Waals surface area contributed by atoms with Crippen molar-refractivity contribution < 1.29 is 9.53 Å². The molecule has 0 fully saturated rings. The minimum atomic E-state index is -0.471. The molecule has 1 atom stereocenters. The van der Waals surface area contributed by atoms with Gasteiger partial charge in [-0.1, -0.05) is 30.3 Å². The van der Waals surface area contributed by atoms with Crippen LogP contribution in [0.5, 0.6) is 5.75 Å². The molecule has 3 nitrogen and oxygen atoms in total. The van der Waals surface area contributed by atoms with Crippen LogP contribution >= 0.6 is 15.9 Å². The van der Waals surface area contributed by atoms with Crippen molar-refractivity contribution in [2.45, 2.75) is 18.9 Å². The lowest BCUT2D eigenvalue weighted by molar-refractivity contribution is -0.122. The van der Waals surface area contributed by atoms with E-state index >= 15 is 0 Å². The highest BCUT2D eigenvalue weighted by molar-refractivity contribution is 9.10. The standard InChI is InChI=1S/C16H14BrNO2/c17-12-6-2-4-8-14(12)20-15-10-9-11-5-1-3-7-13(11)18-16(15)19/h1-8,15H,9-10H2,(H,18,19). The molecule has 0 saturated carbocycles. The number of fused-ring (bicyclic) bond motifs is 1. The predicted octanol–water partition coefficient (Wildman–Crippen LogP) is 3.78. The summed E-state index contributed by atoms with van der Waals surface area (Å²) in [6, 6.07) is 15.4. The van der Waals surface area contributed by atoms with E-state index in [0.29, 0.717) is 12.2 Å². The minimum Gasteiger partial charge on any atom is -0.479 e. The van der Waals surface area contributed by atoms with Gasteiger partial charge in [0.05, 0.1) is 4.47 Å². The lowest BCUT2D eigenvalue weighted by Crippen LogP contribution is -2.31. The molecule has 1 aliphatic heterocycles. The number of aryl methyl sites for hydroxylation is 1. The van der Waals surface area contributed by atoms with Crippen LogP contribution in [0.1, 0.15) is 12.0 Å². The van der Waals surface area contributed by atoms with Gasteiger partial charge in [0, 0.05) is 5.69 Å². The van der Waals surface area contributed by atoms with Crippen molar-refractivity contribution in [3.63, 3.8) is 0 Å². The molecular formula is C16H14BrNO2. The van der Waals surface area contributed by atoms with Crippen molar-refractivity contribution in [3.8, 4) is 5.75 Å². The van der Waals surface area contributed by atoms with Crippen LogP contribution < -0.4 is 10.1 Å². The Hall–Kier alpha value is -1.81. The van der Waals surface area contributed by atoms with E-state index < -0.39 is 6.10 Å². The maximum atomic E-state index is 12.2. The third kappa shape index (κ3) is 2.70. The van der Waals surface area contributed by atoms with E-state index in [4.69, 9.17) is 4.74 Å². The molecule has 0 spiro atoms. The van der Waals surface area contributed by atoms with E-state index in [1.165, 1.54) is 0 Å². The number of amides is 1. The van der Waals surface area contributed by atoms with Gasteiger partial charge in [0.1, 0.15) is 5.75 Å². The molecule has 3 rings (SSSR count). The summed E-state index contributed by atoms with van der Waals surface area (Å²) in [6.07, 6.45) is 1.02. The number of ether oxygens (including phenoxy) is 1. The van der Waals surface area contributed by atoms with Gasteiger partial charge in [0.25, 0.3) is 5.91 Å². The average molecular weight is 332 g/mol. The molecule has 0 aromatic heterocycles. The highest BCUT2D eigenvalue weighted by Crippen LogP contribution is 2.28. The summed E-state index contributed by atoms with van der Waals surface area (Å²) in [5.74, 6) is 0.601. The molecule has 0 saturated heterocycles. The van der Waals surface area contributed by atoms with Gasteiger partial charge >= 0.3 is 0 Å². The second-order valence-electron chi connectivity index (χ2n) is 4.72. The number of hydrogen-bond acceptors (Lipinski definition) is 2. The second kappa shape index (κ2) is 5.67. The Morgan fingerprint density at radius 1 is 1.10 bits per heavy atom. The molecule has 1 unspecified atom stereocenters. The number of hydrogen-bond donors (Lipinski definition) is 1. The number of rotatable bonds is 2. The molecule has 102 valence electrons. The topological polar surface area (TPSA) is 38.3 Å². The van der Waals surface area contributed by atoms with Crippen LogP contribution in [0.3, 0.4) is 0 Å². The summed E-state index contributed by atoms with van der Waals surface area (Å²) >= 11 is 3.43. The fraction of sp³-hybridized carbons (Fsp3) is 0.188. The second-order valence-corrected chi connectivity index (χ2v) is 5.58. The molecule has 2 aromatic carbocycles. The van der Waals surface area contributed by atoms with Crippen LogP contribution in [0.4, 0.5) is 5.69 Å². The van der Waals surface area contributed by atoms with E-state index in [9.17, 15) is 4.79 Å². The Bertz CT molecular complexity index is 642. The Balaban J connectivity index is 1.80. The molecular weight excluding hydrogens is 318 g/mol. The fourth-order valence-electron chi connectivity index (χ4n) is 2.30. The van der Waals surface area contributed by atoms with Crippen molar-refractivity contribution in [1.82, 2.24) is 0 Å². The zero-order valence-electron chi connectivity index (χ0n) is 10.8. The summed E-state index contributed by atoms with van der Waals surface area (Å²) in [7, 11) is 0. The molecule has 0 bridgehead atoms. The number of benzene rings is 2. The van der Waals surface area contributed by atoms with E-state index in [1.54, 1.807) is 0 Å². The summed E-state index contributed by atoms with van der Waals surface area (Å²) in [4.78, 5) is 12.2. The molecule has 0 aliphatic carbocycles. The summed E-state index contributed by atoms with van der Waals surface area (Å²) in [5, 5.41) is 2.93. The Morgan fingerprint density at radius 2 is 1.85 bits per heavy atom. The number of carbonyl (C=O) groups is 1. The number of nitrogens with one attached hydrogen (secondary N) is 1. The monoisotopic (exact) mass is 331 g/mol. The SMILES string of the molecule is O=C1Nc2ccccc2CCC1Oc1ccccc1Br. The van der Waals surface area contributed by atoms with Gasteiger partial charge in [-0.25, -0.2) is 0 Å². The van der Waals surface area contributed by atoms with E-state index in [0.717, 1.165) is 22.1 Å². The Labute approximate surface area is 126 Å². The third-order valence-electron chi connectivity index (χ3n) is 3.35. The number of carbonyl (C=O) groups excluding carboxylic acids is 1. The first-order valence-electron chi connectivity index (χ1n) is 6.54. The van der Waals surface area contributed by atoms with Crippen molar-refractivity contribution >= 4 is 27.5 Å². The normalized spacial score (nSPS) is 17.9. The van der Waals surface area contributed by atoms with Crippen molar-refractivity contribution in [2.75, 3.05) is 5.32 Å². The van der Waals surface area contributed by atoms with Crippen LogP contribution in [0.25, 0.3) is 0 Å². The average Bonchev–Trinajstić information content (AvgIpc) is 2.61. The zero-order chi connectivity index (χ0) is 13.9. The smallest absolute Gasteiger partial charge is 0.265 e. The first-order valence-corrected chi connectivity index (χ1v) is 7.33. The molecule has 1 N–H and O–H groups in total. The molecule has 1 aliphatic rings. The highest BCUT2D eigenvalue weighted by atomic mass is 79.9. The molecule has 0 radical (unpaired) electrons. The number of halogens is 1. The summed E-state index contributed by atoms with van der Waals surface area (Å²) in [5.41, 5.74) is 2.04. The van der Waals surface area contributed by atoms with E-state index in [1.807, 2.05) is 48.5 Å². The van der Waals surface area contributed by atoms with Crippen LogP contribution in [-0.2, 0) is 11.2 Å². The quantitative estimate of drug-likeness (QED) is 0.909. The van der Waals surface area contributed by atoms with Crippen LogP contribution in [-0.4, -0.2) is 12.0 Å². The minimum absolute atomic E-state index is 0.0919. The predicted molar refractivity (Wildman–Crippen MR) is 82.0 cm³/mol. The highest BCUT2D eigenvalue weighted by Gasteiger charge is 2.25. The van der Waals surface area contributed by atoms with Gasteiger partial charge in [-0.2, -0.15) is 0 Å². The van der Waals surface area contributed by atoms with E-state index in [2.05, 4.69) is 21.2 Å². The van der Waals surface area contributed by atoms with Gasteiger partial charge in [0.15, 0.2) is 6.10 Å². The number of anilines is 1. The largest absolute Gasteiger partial charge is 0.479 e. The van der Waals surface area contributed by atoms with Crippen LogP contribution in [0.2, 0.25) is 0 Å². The lowest BCUT2D eigenvalue weighted by Gasteiger charge is -2.16. The Morgan fingerprint density at radius 3 is 2.70 bits per heavy atom. The summed E-state index contributed by atoms with van der Waals surface area (Å²) < 4.78 is 6.71. The first kappa shape index (κ1) is 13.2. The maximum absolute atomic E-state index is 12.2. The van der Waals surface area contributed by atoms with Gasteiger partial charge in [-0.05, 0) is 52.5 Å². The van der Waals surface area contributed by atoms with Crippen molar-refractivity contribution in [1.29, 1.82) is 0 Å². The maximum Gasteiger partial charge on any atom is 0.265 e. The lowest BCUT2D eigenvalue weighted by atomic mass is 10.1. The zero-order valence-corrected chi connectivity index (χ0v) is 12.4. The fourth-order valence-corrected chi connectivity index (χ4v) is 2.68. The van der Waals surface area contributed by atoms with E-state index in [-0.39, 0.29) is 5.91 Å². The van der Waals surface area contributed by atoms with Gasteiger partial charge < -0.3 is 10.1 Å². The van der Waals surface area contributed by atoms with Gasteiger partial charge in [0.2, 0.25) is 0 Å². The molecule has 1 amide bonds. The van der Waals surface area contributed by atoms with Gasteiger partial charge in [-0.3, -0.25) is 4.79 Å². The molecule has 2 aromatic rings. The van der Waals surface area contributed by atoms with Crippen molar-refractivity contribution in [3.05, 3.63) is 58.6 Å². The first-order chi connectivity index (χ1) is 9.74. The number of para-hydroxylation sites is 2. The third-order valence-corrected chi connectivity index (χ3v) is 4.00. The van der Waals surface area contributed by atoms with Crippen LogP contribution in [0, 0.1) is 0 Å². The molecule has 20 heavy (non-hydrogen) atoms.